The van der Waals surface area contributed by atoms with Gasteiger partial charge in [-0.05, 0) is 12.1 Å². The molecule has 1 aromatic heterocycles. The molecule has 0 amide bonds. The number of nitrogens with zero attached hydrogens (tertiary/aromatic N) is 3. The number of nitro groups is 1. The molecule has 0 unspecified atom stereocenters. The smallest absolute Gasteiger partial charge is 0.418 e. The van der Waals surface area contributed by atoms with Crippen molar-refractivity contribution >= 4 is 28.3 Å². The summed E-state index contributed by atoms with van der Waals surface area (Å²) in [5, 5.41) is 10.4. The molecule has 0 aliphatic heterocycles. The second-order valence-electron chi connectivity index (χ2n) is 4.86. The molecule has 25 heavy (non-hydrogen) atoms. The van der Waals surface area contributed by atoms with E-state index in [0.29, 0.717) is 17.1 Å². The van der Waals surface area contributed by atoms with Crippen LogP contribution in [-0.2, 0) is 6.18 Å². The van der Waals surface area contributed by atoms with Gasteiger partial charge in [-0.1, -0.05) is 11.6 Å². The van der Waals surface area contributed by atoms with Crippen LogP contribution in [-0.4, -0.2) is 14.9 Å². The highest BCUT2D eigenvalue weighted by Crippen LogP contribution is 2.42. The summed E-state index contributed by atoms with van der Waals surface area (Å²) in [7, 11) is 0. The van der Waals surface area contributed by atoms with E-state index in [2.05, 4.69) is 9.97 Å². The molecule has 3 aromatic rings. The third-order valence-electron chi connectivity index (χ3n) is 3.22. The predicted molar refractivity (Wildman–Crippen MR) is 82.7 cm³/mol. The summed E-state index contributed by atoms with van der Waals surface area (Å²) in [6.45, 7) is 0. The Morgan fingerprint density at radius 3 is 2.40 bits per heavy atom. The van der Waals surface area contributed by atoms with E-state index in [1.54, 1.807) is 6.07 Å². The Bertz CT molecular complexity index is 979. The second-order valence-corrected chi connectivity index (χ2v) is 5.27. The van der Waals surface area contributed by atoms with Crippen molar-refractivity contribution in [2.45, 2.75) is 6.18 Å². The predicted octanol–water partition coefficient (Wildman–Crippen LogP) is 5.00. The van der Waals surface area contributed by atoms with Crippen molar-refractivity contribution in [2.75, 3.05) is 0 Å². The number of hydrogen-bond acceptors (Lipinski definition) is 5. The van der Waals surface area contributed by atoms with Crippen LogP contribution in [0.4, 0.5) is 18.9 Å². The number of benzene rings is 2. The molecule has 0 spiro atoms. The van der Waals surface area contributed by atoms with Crippen molar-refractivity contribution < 1.29 is 22.8 Å². The Hall–Kier alpha value is -2.94. The zero-order chi connectivity index (χ0) is 18.2. The van der Waals surface area contributed by atoms with E-state index in [9.17, 15) is 23.3 Å². The van der Waals surface area contributed by atoms with Crippen LogP contribution in [0.15, 0.2) is 42.7 Å². The lowest BCUT2D eigenvalue weighted by atomic mass is 10.1. The van der Waals surface area contributed by atoms with Crippen molar-refractivity contribution in [3.05, 3.63) is 63.4 Å². The number of fused-ring (bicyclic) bond motifs is 1. The van der Waals surface area contributed by atoms with Gasteiger partial charge in [0.1, 0.15) is 5.75 Å². The third kappa shape index (κ3) is 3.45. The maximum atomic E-state index is 12.9. The quantitative estimate of drug-likeness (QED) is 0.479. The molecular formula is C15H7ClF3N3O3. The minimum atomic E-state index is -4.82. The van der Waals surface area contributed by atoms with Crippen molar-refractivity contribution in [2.24, 2.45) is 0 Å². The molecule has 0 saturated carbocycles. The first-order valence-corrected chi connectivity index (χ1v) is 7.07. The van der Waals surface area contributed by atoms with E-state index < -0.39 is 33.1 Å². The standard InChI is InChI=1S/C15H7ClF3N3O3/c16-10-7-14(13(22(23)24)6-9(10)15(17,18)19)25-8-1-2-11-12(5-8)21-4-3-20-11/h1-7H. The van der Waals surface area contributed by atoms with Gasteiger partial charge in [-0.25, -0.2) is 0 Å². The van der Waals surface area contributed by atoms with Crippen LogP contribution in [0.2, 0.25) is 5.02 Å². The van der Waals surface area contributed by atoms with Gasteiger partial charge in [0.05, 0.1) is 26.5 Å². The Morgan fingerprint density at radius 2 is 1.76 bits per heavy atom. The number of aromatic nitrogens is 2. The van der Waals surface area contributed by atoms with E-state index in [4.69, 9.17) is 16.3 Å². The van der Waals surface area contributed by atoms with Gasteiger partial charge in [-0.2, -0.15) is 13.2 Å². The number of halogens is 4. The van der Waals surface area contributed by atoms with Crippen LogP contribution in [0.5, 0.6) is 11.5 Å². The van der Waals surface area contributed by atoms with Crippen molar-refractivity contribution in [3.8, 4) is 11.5 Å². The number of rotatable bonds is 3. The maximum Gasteiger partial charge on any atom is 0.418 e. The summed E-state index contributed by atoms with van der Waals surface area (Å²) in [5.41, 5.74) is -1.14. The summed E-state index contributed by atoms with van der Waals surface area (Å²) < 4.78 is 44.0. The molecule has 0 bridgehead atoms. The topological polar surface area (TPSA) is 78.2 Å². The molecule has 0 aliphatic carbocycles. The lowest BCUT2D eigenvalue weighted by Gasteiger charge is -2.12. The zero-order valence-electron chi connectivity index (χ0n) is 12.1. The molecule has 0 aliphatic rings. The molecule has 6 nitrogen and oxygen atoms in total. The van der Waals surface area contributed by atoms with E-state index in [1.165, 1.54) is 24.5 Å². The summed E-state index contributed by atoms with van der Waals surface area (Å²) in [4.78, 5) is 18.2. The molecule has 0 radical (unpaired) electrons. The monoisotopic (exact) mass is 369 g/mol. The van der Waals surface area contributed by atoms with Gasteiger partial charge >= 0.3 is 11.9 Å². The van der Waals surface area contributed by atoms with Crippen LogP contribution >= 0.6 is 11.6 Å². The largest absolute Gasteiger partial charge is 0.450 e. The van der Waals surface area contributed by atoms with Gasteiger partial charge in [-0.15, -0.1) is 0 Å². The summed E-state index contributed by atoms with van der Waals surface area (Å²) in [5.74, 6) is -0.266. The average Bonchev–Trinajstić information content (AvgIpc) is 2.53. The van der Waals surface area contributed by atoms with E-state index in [-0.39, 0.29) is 5.75 Å². The van der Waals surface area contributed by atoms with Crippen LogP contribution < -0.4 is 4.74 Å². The highest BCUT2D eigenvalue weighted by atomic mass is 35.5. The Balaban J connectivity index is 2.06. The zero-order valence-corrected chi connectivity index (χ0v) is 12.9. The number of ether oxygens (including phenoxy) is 1. The average molecular weight is 370 g/mol. The fourth-order valence-electron chi connectivity index (χ4n) is 2.12. The Morgan fingerprint density at radius 1 is 1.08 bits per heavy atom. The maximum absolute atomic E-state index is 12.9. The molecule has 1 heterocycles. The first-order chi connectivity index (χ1) is 11.8. The lowest BCUT2D eigenvalue weighted by Crippen LogP contribution is -2.07. The van der Waals surface area contributed by atoms with Crippen LogP contribution in [0.25, 0.3) is 11.0 Å². The molecular weight excluding hydrogens is 363 g/mol. The summed E-state index contributed by atoms with van der Waals surface area (Å²) in [6, 6.07) is 5.60. The van der Waals surface area contributed by atoms with Gasteiger partial charge < -0.3 is 4.74 Å². The number of nitro benzene ring substituents is 1. The van der Waals surface area contributed by atoms with E-state index >= 15 is 0 Å². The van der Waals surface area contributed by atoms with Gasteiger partial charge in [-0.3, -0.25) is 20.1 Å². The van der Waals surface area contributed by atoms with Crippen LogP contribution in [0.3, 0.4) is 0 Å². The highest BCUT2D eigenvalue weighted by Gasteiger charge is 2.36. The summed E-state index contributed by atoms with van der Waals surface area (Å²) >= 11 is 5.61. The van der Waals surface area contributed by atoms with Gasteiger partial charge in [0.25, 0.3) is 0 Å². The SMILES string of the molecule is O=[N+]([O-])c1cc(C(F)(F)F)c(Cl)cc1Oc1ccc2nccnc2c1. The van der Waals surface area contributed by atoms with Crippen molar-refractivity contribution in [3.63, 3.8) is 0 Å². The van der Waals surface area contributed by atoms with E-state index in [0.717, 1.165) is 6.07 Å². The van der Waals surface area contributed by atoms with Crippen molar-refractivity contribution in [1.29, 1.82) is 0 Å². The molecule has 10 heteroatoms. The van der Waals surface area contributed by atoms with Gasteiger partial charge in [0.15, 0.2) is 0 Å². The summed E-state index contributed by atoms with van der Waals surface area (Å²) in [6.07, 6.45) is -1.88. The normalized spacial score (nSPS) is 11.5. The van der Waals surface area contributed by atoms with Crippen LogP contribution in [0.1, 0.15) is 5.56 Å². The third-order valence-corrected chi connectivity index (χ3v) is 3.53. The Labute approximate surface area is 143 Å². The number of hydrogen-bond donors (Lipinski definition) is 0. The molecule has 0 saturated heterocycles. The first-order valence-electron chi connectivity index (χ1n) is 6.69. The lowest BCUT2D eigenvalue weighted by molar-refractivity contribution is -0.385. The fraction of sp³-hybridized carbons (Fsp3) is 0.0667. The Kier molecular flexibility index (Phi) is 4.17. The minimum Gasteiger partial charge on any atom is -0.450 e. The van der Waals surface area contributed by atoms with Crippen LogP contribution in [0, 0.1) is 10.1 Å². The highest BCUT2D eigenvalue weighted by molar-refractivity contribution is 6.31. The van der Waals surface area contributed by atoms with Gasteiger partial charge in [0.2, 0.25) is 5.75 Å². The number of alkyl halides is 3. The molecule has 2 aromatic carbocycles. The second kappa shape index (κ2) is 6.17. The first kappa shape index (κ1) is 16.9. The molecule has 128 valence electrons. The molecule has 0 N–H and O–H groups in total. The molecule has 0 atom stereocenters. The van der Waals surface area contributed by atoms with E-state index in [1.807, 2.05) is 0 Å². The molecule has 0 fully saturated rings. The fourth-order valence-corrected chi connectivity index (χ4v) is 2.38. The van der Waals surface area contributed by atoms with Gasteiger partial charge in [0, 0.05) is 30.6 Å². The minimum absolute atomic E-state index is 0.145. The molecule has 3 rings (SSSR count). The van der Waals surface area contributed by atoms with Crippen molar-refractivity contribution in [1.82, 2.24) is 9.97 Å².